The summed E-state index contributed by atoms with van der Waals surface area (Å²) in [5.41, 5.74) is 1.42. The average molecular weight is 321 g/mol. The van der Waals surface area contributed by atoms with E-state index < -0.39 is 23.7 Å². The Hall–Kier alpha value is -2.04. The maximum absolute atomic E-state index is 11.7. The molecule has 0 bridgehead atoms. The first kappa shape index (κ1) is 19.0. The highest BCUT2D eigenvalue weighted by Crippen LogP contribution is 2.12. The zero-order chi connectivity index (χ0) is 17.6. The number of carboxylic acid groups (broad SMARTS) is 1. The smallest absolute Gasteiger partial charge is 0.408 e. The van der Waals surface area contributed by atoms with Crippen LogP contribution < -0.4 is 5.32 Å². The molecule has 5 nitrogen and oxygen atoms in total. The van der Waals surface area contributed by atoms with Gasteiger partial charge in [-0.1, -0.05) is 38.1 Å². The van der Waals surface area contributed by atoms with Crippen molar-refractivity contribution >= 4 is 12.1 Å². The first-order chi connectivity index (χ1) is 10.6. The summed E-state index contributed by atoms with van der Waals surface area (Å²) in [5, 5.41) is 11.7. The highest BCUT2D eigenvalue weighted by molar-refractivity contribution is 5.80. The average Bonchev–Trinajstić information content (AvgIpc) is 2.37. The molecular weight excluding hydrogens is 294 g/mol. The molecule has 0 aliphatic carbocycles. The van der Waals surface area contributed by atoms with Crippen LogP contribution in [-0.2, 0) is 22.4 Å². The monoisotopic (exact) mass is 321 g/mol. The summed E-state index contributed by atoms with van der Waals surface area (Å²) < 4.78 is 5.11. The summed E-state index contributed by atoms with van der Waals surface area (Å²) in [4.78, 5) is 23.1. The van der Waals surface area contributed by atoms with E-state index in [1.54, 1.807) is 20.8 Å². The highest BCUT2D eigenvalue weighted by Gasteiger charge is 2.24. The largest absolute Gasteiger partial charge is 0.480 e. The van der Waals surface area contributed by atoms with E-state index in [0.29, 0.717) is 5.92 Å². The summed E-state index contributed by atoms with van der Waals surface area (Å²) in [5.74, 6) is -0.511. The molecule has 1 atom stereocenters. The molecule has 0 saturated carbocycles. The molecule has 0 fully saturated rings. The van der Waals surface area contributed by atoms with E-state index >= 15 is 0 Å². The number of hydrogen-bond acceptors (Lipinski definition) is 3. The number of carboxylic acids is 1. The normalized spacial score (nSPS) is 12.8. The van der Waals surface area contributed by atoms with Crippen LogP contribution >= 0.6 is 0 Å². The van der Waals surface area contributed by atoms with Crippen LogP contribution in [0.1, 0.15) is 45.7 Å². The van der Waals surface area contributed by atoms with Gasteiger partial charge in [0, 0.05) is 6.42 Å². The number of benzene rings is 1. The molecule has 1 amide bonds. The molecule has 5 heteroatoms. The van der Waals surface area contributed by atoms with Crippen molar-refractivity contribution < 1.29 is 19.4 Å². The molecule has 128 valence electrons. The predicted octanol–water partition coefficient (Wildman–Crippen LogP) is 3.41. The maximum atomic E-state index is 11.7. The predicted molar refractivity (Wildman–Crippen MR) is 89.5 cm³/mol. The van der Waals surface area contributed by atoms with Gasteiger partial charge >= 0.3 is 12.1 Å². The third-order valence-corrected chi connectivity index (χ3v) is 3.10. The van der Waals surface area contributed by atoms with E-state index in [4.69, 9.17) is 4.74 Å². The summed E-state index contributed by atoms with van der Waals surface area (Å²) >= 11 is 0. The van der Waals surface area contributed by atoms with Crippen LogP contribution in [0.5, 0.6) is 0 Å². The van der Waals surface area contributed by atoms with E-state index in [-0.39, 0.29) is 6.42 Å². The summed E-state index contributed by atoms with van der Waals surface area (Å²) in [6.45, 7) is 9.50. The Morgan fingerprint density at radius 2 is 1.57 bits per heavy atom. The van der Waals surface area contributed by atoms with Gasteiger partial charge < -0.3 is 15.2 Å². The number of hydrogen-bond donors (Lipinski definition) is 2. The molecule has 0 heterocycles. The van der Waals surface area contributed by atoms with E-state index in [1.807, 2.05) is 24.3 Å². The Bertz CT molecular complexity index is 529. The number of amides is 1. The molecule has 23 heavy (non-hydrogen) atoms. The SMILES string of the molecule is CC(C)Cc1ccc(C[C@H](NC(=O)OC(C)(C)C)C(=O)O)cc1. The number of ether oxygens (including phenoxy) is 1. The van der Waals surface area contributed by atoms with Crippen LogP contribution in [0.3, 0.4) is 0 Å². The Morgan fingerprint density at radius 1 is 1.09 bits per heavy atom. The fourth-order valence-corrected chi connectivity index (χ4v) is 2.17. The van der Waals surface area contributed by atoms with Crippen LogP contribution in [0.4, 0.5) is 4.79 Å². The maximum Gasteiger partial charge on any atom is 0.408 e. The van der Waals surface area contributed by atoms with Gasteiger partial charge in [-0.05, 0) is 44.2 Å². The van der Waals surface area contributed by atoms with Crippen LogP contribution in [0.2, 0.25) is 0 Å². The van der Waals surface area contributed by atoms with Crippen LogP contribution in [0.25, 0.3) is 0 Å². The lowest BCUT2D eigenvalue weighted by molar-refractivity contribution is -0.139. The van der Waals surface area contributed by atoms with Gasteiger partial charge in [0.25, 0.3) is 0 Å². The minimum atomic E-state index is -1.08. The minimum absolute atomic E-state index is 0.219. The third-order valence-electron chi connectivity index (χ3n) is 3.10. The highest BCUT2D eigenvalue weighted by atomic mass is 16.6. The number of nitrogens with one attached hydrogen (secondary N) is 1. The second-order valence-corrected chi connectivity index (χ2v) is 7.16. The van der Waals surface area contributed by atoms with Crippen molar-refractivity contribution in [3.63, 3.8) is 0 Å². The van der Waals surface area contributed by atoms with E-state index in [1.165, 1.54) is 5.56 Å². The molecule has 1 aromatic carbocycles. The van der Waals surface area contributed by atoms with Crippen molar-refractivity contribution in [1.29, 1.82) is 0 Å². The van der Waals surface area contributed by atoms with Gasteiger partial charge in [0.15, 0.2) is 0 Å². The van der Waals surface area contributed by atoms with Crippen LogP contribution in [0, 0.1) is 5.92 Å². The molecule has 1 rings (SSSR count). The van der Waals surface area contributed by atoms with Crippen molar-refractivity contribution in [2.45, 2.75) is 59.1 Å². The Balaban J connectivity index is 2.69. The topological polar surface area (TPSA) is 75.6 Å². The molecular formula is C18H27NO4. The van der Waals surface area contributed by atoms with E-state index in [0.717, 1.165) is 12.0 Å². The molecule has 2 N–H and O–H groups in total. The fraction of sp³-hybridized carbons (Fsp3) is 0.556. The minimum Gasteiger partial charge on any atom is -0.480 e. The number of carbonyl (C=O) groups excluding carboxylic acids is 1. The summed E-state index contributed by atoms with van der Waals surface area (Å²) in [7, 11) is 0. The van der Waals surface area contributed by atoms with Gasteiger partial charge in [-0.3, -0.25) is 0 Å². The zero-order valence-electron chi connectivity index (χ0n) is 14.6. The number of aliphatic carboxylic acids is 1. The molecule has 0 unspecified atom stereocenters. The molecule has 0 radical (unpaired) electrons. The molecule has 0 spiro atoms. The van der Waals surface area contributed by atoms with Gasteiger partial charge in [0.05, 0.1) is 0 Å². The summed E-state index contributed by atoms with van der Waals surface area (Å²) in [6, 6.07) is 6.80. The first-order valence-electron chi connectivity index (χ1n) is 7.87. The van der Waals surface area contributed by atoms with Gasteiger partial charge in [-0.15, -0.1) is 0 Å². The molecule has 0 aliphatic rings. The van der Waals surface area contributed by atoms with Crippen LogP contribution in [0.15, 0.2) is 24.3 Å². The molecule has 0 aliphatic heterocycles. The van der Waals surface area contributed by atoms with Crippen molar-refractivity contribution in [2.24, 2.45) is 5.92 Å². The number of carbonyl (C=O) groups is 2. The molecule has 0 saturated heterocycles. The lowest BCUT2D eigenvalue weighted by Gasteiger charge is -2.22. The van der Waals surface area contributed by atoms with Crippen LogP contribution in [-0.4, -0.2) is 28.8 Å². The Kier molecular flexibility index (Phi) is 6.61. The first-order valence-corrected chi connectivity index (χ1v) is 7.87. The van der Waals surface area contributed by atoms with Crippen molar-refractivity contribution in [2.75, 3.05) is 0 Å². The lowest BCUT2D eigenvalue weighted by atomic mass is 9.99. The standard InChI is InChI=1S/C18H27NO4/c1-12(2)10-13-6-8-14(9-7-13)11-15(16(20)21)19-17(22)23-18(3,4)5/h6-9,12,15H,10-11H2,1-5H3,(H,19,22)(H,20,21)/t15-/m0/s1. The Labute approximate surface area is 138 Å². The second kappa shape index (κ2) is 7.99. The van der Waals surface area contributed by atoms with Crippen molar-refractivity contribution in [3.8, 4) is 0 Å². The lowest BCUT2D eigenvalue weighted by Crippen LogP contribution is -2.44. The van der Waals surface area contributed by atoms with Crippen molar-refractivity contribution in [3.05, 3.63) is 35.4 Å². The van der Waals surface area contributed by atoms with Gasteiger partial charge in [0.2, 0.25) is 0 Å². The fourth-order valence-electron chi connectivity index (χ4n) is 2.17. The van der Waals surface area contributed by atoms with E-state index in [9.17, 15) is 14.7 Å². The Morgan fingerprint density at radius 3 is 1.96 bits per heavy atom. The quantitative estimate of drug-likeness (QED) is 0.842. The van der Waals surface area contributed by atoms with Crippen molar-refractivity contribution in [1.82, 2.24) is 5.32 Å². The number of alkyl carbamates (subject to hydrolysis) is 1. The third kappa shape index (κ3) is 7.68. The molecule has 0 aromatic heterocycles. The number of rotatable bonds is 6. The van der Waals surface area contributed by atoms with Gasteiger partial charge in [-0.25, -0.2) is 9.59 Å². The van der Waals surface area contributed by atoms with E-state index in [2.05, 4.69) is 19.2 Å². The zero-order valence-corrected chi connectivity index (χ0v) is 14.6. The second-order valence-electron chi connectivity index (χ2n) is 7.16. The summed E-state index contributed by atoms with van der Waals surface area (Å²) in [6.07, 6.45) is 0.483. The molecule has 1 aromatic rings. The van der Waals surface area contributed by atoms with Gasteiger partial charge in [0.1, 0.15) is 11.6 Å². The van der Waals surface area contributed by atoms with Gasteiger partial charge in [-0.2, -0.15) is 0 Å².